The second kappa shape index (κ2) is 8.47. The Labute approximate surface area is 136 Å². The third kappa shape index (κ3) is 3.74. The van der Waals surface area contributed by atoms with Crippen molar-refractivity contribution >= 4 is 11.8 Å². The first-order chi connectivity index (χ1) is 11.3. The summed E-state index contributed by atoms with van der Waals surface area (Å²) in [5.74, 6) is -10.2. The average Bonchev–Trinajstić information content (AvgIpc) is 2.56. The van der Waals surface area contributed by atoms with Gasteiger partial charge in [-0.15, -0.1) is 0 Å². The number of carbonyl (C=O) groups is 2. The minimum atomic E-state index is -2.13. The third-order valence-electron chi connectivity index (χ3n) is 3.05. The van der Waals surface area contributed by atoms with Crippen LogP contribution in [0.5, 0.6) is 0 Å². The van der Waals surface area contributed by atoms with Crippen LogP contribution in [0, 0.1) is 23.3 Å². The number of halogens is 4. The Balaban J connectivity index is 3.57. The highest BCUT2D eigenvalue weighted by atomic mass is 19.2. The fourth-order valence-electron chi connectivity index (χ4n) is 1.95. The van der Waals surface area contributed by atoms with Gasteiger partial charge in [-0.05, 0) is 20.3 Å². The van der Waals surface area contributed by atoms with Crippen LogP contribution in [-0.2, 0) is 20.7 Å². The number of rotatable bonds is 7. The maximum Gasteiger partial charge on any atom is 0.345 e. The van der Waals surface area contributed by atoms with E-state index in [2.05, 4.69) is 4.74 Å². The van der Waals surface area contributed by atoms with E-state index in [1.807, 2.05) is 0 Å². The predicted molar refractivity (Wildman–Crippen MR) is 76.3 cm³/mol. The molecule has 0 spiro atoms. The lowest BCUT2D eigenvalue weighted by atomic mass is 9.95. The number of carbonyl (C=O) groups excluding carboxylic acids is 2. The SMILES string of the molecule is CCO/C=C(\C(=O)OCC)C(=O)c1c(F)c(F)c(F)c(F)c1CC. The fourth-order valence-corrected chi connectivity index (χ4v) is 1.95. The van der Waals surface area contributed by atoms with Gasteiger partial charge >= 0.3 is 5.97 Å². The zero-order valence-corrected chi connectivity index (χ0v) is 13.3. The Morgan fingerprint density at radius 3 is 2.00 bits per heavy atom. The smallest absolute Gasteiger partial charge is 0.345 e. The molecule has 0 bridgehead atoms. The summed E-state index contributed by atoms with van der Waals surface area (Å²) < 4.78 is 64.2. The van der Waals surface area contributed by atoms with Crippen molar-refractivity contribution in [2.75, 3.05) is 13.2 Å². The van der Waals surface area contributed by atoms with Crippen LogP contribution in [-0.4, -0.2) is 25.0 Å². The van der Waals surface area contributed by atoms with Crippen LogP contribution < -0.4 is 0 Å². The minimum Gasteiger partial charge on any atom is -0.500 e. The first-order valence-electron chi connectivity index (χ1n) is 7.19. The van der Waals surface area contributed by atoms with E-state index >= 15 is 0 Å². The van der Waals surface area contributed by atoms with Crippen LogP contribution in [0.1, 0.15) is 36.7 Å². The molecule has 0 amide bonds. The molecule has 0 atom stereocenters. The van der Waals surface area contributed by atoms with E-state index < -0.39 is 51.7 Å². The number of Topliss-reactive ketones (excluding diaryl/α,β-unsaturated/α-hetero) is 1. The summed E-state index contributed by atoms with van der Waals surface area (Å²) in [6.07, 6.45) is 0.421. The summed E-state index contributed by atoms with van der Waals surface area (Å²) in [6, 6.07) is 0. The highest BCUT2D eigenvalue weighted by Gasteiger charge is 2.32. The van der Waals surface area contributed by atoms with Crippen LogP contribution in [0.3, 0.4) is 0 Å². The summed E-state index contributed by atoms with van der Waals surface area (Å²) >= 11 is 0. The molecule has 132 valence electrons. The first-order valence-corrected chi connectivity index (χ1v) is 7.19. The fraction of sp³-hybridized carbons (Fsp3) is 0.375. The standard InChI is InChI=1S/C16H16F4O4/c1-4-8-10(12(18)14(20)13(19)11(8)17)15(21)9(7-23-5-2)16(22)24-6-3/h7H,4-6H2,1-3H3/b9-7-. The van der Waals surface area contributed by atoms with E-state index in [-0.39, 0.29) is 19.6 Å². The zero-order chi connectivity index (χ0) is 18.4. The average molecular weight is 348 g/mol. The molecule has 0 fully saturated rings. The molecule has 0 aromatic heterocycles. The van der Waals surface area contributed by atoms with Crippen LogP contribution in [0.4, 0.5) is 17.6 Å². The summed E-state index contributed by atoms with van der Waals surface area (Å²) in [5, 5.41) is 0. The quantitative estimate of drug-likeness (QED) is 0.0871. The molecule has 0 N–H and O–H groups in total. The van der Waals surface area contributed by atoms with Gasteiger partial charge in [0.25, 0.3) is 0 Å². The number of esters is 1. The van der Waals surface area contributed by atoms with Gasteiger partial charge < -0.3 is 9.47 Å². The molecule has 0 aliphatic rings. The van der Waals surface area contributed by atoms with Crippen molar-refractivity contribution in [1.29, 1.82) is 0 Å². The zero-order valence-electron chi connectivity index (χ0n) is 13.3. The van der Waals surface area contributed by atoms with Gasteiger partial charge in [-0.2, -0.15) is 0 Å². The van der Waals surface area contributed by atoms with Crippen molar-refractivity contribution < 1.29 is 36.6 Å². The predicted octanol–water partition coefficient (Wildman–Crippen LogP) is 3.47. The first kappa shape index (κ1) is 19.7. The molecular formula is C16H16F4O4. The number of benzene rings is 1. The van der Waals surface area contributed by atoms with Gasteiger partial charge in [-0.3, -0.25) is 4.79 Å². The summed E-state index contributed by atoms with van der Waals surface area (Å²) in [4.78, 5) is 24.3. The lowest BCUT2D eigenvalue weighted by molar-refractivity contribution is -0.138. The molecule has 0 radical (unpaired) electrons. The minimum absolute atomic E-state index is 0.0748. The van der Waals surface area contributed by atoms with Crippen molar-refractivity contribution in [3.63, 3.8) is 0 Å². The molecule has 0 unspecified atom stereocenters. The van der Waals surface area contributed by atoms with E-state index in [1.54, 1.807) is 6.92 Å². The van der Waals surface area contributed by atoms with Crippen molar-refractivity contribution in [2.24, 2.45) is 0 Å². The normalized spacial score (nSPS) is 11.4. The van der Waals surface area contributed by atoms with Crippen molar-refractivity contribution in [3.05, 3.63) is 46.2 Å². The largest absolute Gasteiger partial charge is 0.500 e. The maximum absolute atomic E-state index is 14.0. The van der Waals surface area contributed by atoms with Gasteiger partial charge in [0.15, 0.2) is 23.3 Å². The number of hydrogen-bond acceptors (Lipinski definition) is 4. The molecule has 8 heteroatoms. The highest BCUT2D eigenvalue weighted by Crippen LogP contribution is 2.27. The van der Waals surface area contributed by atoms with Crippen LogP contribution in [0.15, 0.2) is 11.8 Å². The molecule has 0 saturated carbocycles. The molecule has 1 aromatic rings. The Hall–Kier alpha value is -2.38. The van der Waals surface area contributed by atoms with Gasteiger partial charge in [0.05, 0.1) is 18.8 Å². The molecular weight excluding hydrogens is 332 g/mol. The van der Waals surface area contributed by atoms with Crippen molar-refractivity contribution in [2.45, 2.75) is 27.2 Å². The molecule has 1 aromatic carbocycles. The van der Waals surface area contributed by atoms with Gasteiger partial charge in [0, 0.05) is 5.56 Å². The topological polar surface area (TPSA) is 52.6 Å². The summed E-state index contributed by atoms with van der Waals surface area (Å²) in [7, 11) is 0. The lowest BCUT2D eigenvalue weighted by Crippen LogP contribution is -2.21. The van der Waals surface area contributed by atoms with Crippen molar-refractivity contribution in [3.8, 4) is 0 Å². The molecule has 0 aliphatic heterocycles. The van der Waals surface area contributed by atoms with Gasteiger partial charge in [-0.1, -0.05) is 6.92 Å². The van der Waals surface area contributed by atoms with E-state index in [0.29, 0.717) is 0 Å². The number of ether oxygens (including phenoxy) is 2. The second-order valence-electron chi connectivity index (χ2n) is 4.50. The molecule has 1 rings (SSSR count). The van der Waals surface area contributed by atoms with Gasteiger partial charge in [0.2, 0.25) is 5.78 Å². The monoisotopic (exact) mass is 348 g/mol. The number of ketones is 1. The summed E-state index contributed by atoms with van der Waals surface area (Å²) in [6.45, 7) is 4.33. The van der Waals surface area contributed by atoms with Gasteiger partial charge in [0.1, 0.15) is 11.8 Å². The lowest BCUT2D eigenvalue weighted by Gasteiger charge is -2.13. The summed E-state index contributed by atoms with van der Waals surface area (Å²) in [5.41, 5.74) is -2.49. The van der Waals surface area contributed by atoms with Crippen LogP contribution in [0.25, 0.3) is 0 Å². The molecule has 0 aliphatic carbocycles. The molecule has 24 heavy (non-hydrogen) atoms. The Bertz CT molecular complexity index is 683. The van der Waals surface area contributed by atoms with Crippen molar-refractivity contribution in [1.82, 2.24) is 0 Å². The molecule has 0 heterocycles. The Morgan fingerprint density at radius 2 is 1.50 bits per heavy atom. The second-order valence-corrected chi connectivity index (χ2v) is 4.50. The van der Waals surface area contributed by atoms with E-state index in [9.17, 15) is 27.2 Å². The molecule has 4 nitrogen and oxygen atoms in total. The van der Waals surface area contributed by atoms with Gasteiger partial charge in [-0.25, -0.2) is 22.4 Å². The van der Waals surface area contributed by atoms with Crippen LogP contribution in [0.2, 0.25) is 0 Å². The Kier molecular flexibility index (Phi) is 6.94. The van der Waals surface area contributed by atoms with Crippen LogP contribution >= 0.6 is 0 Å². The van der Waals surface area contributed by atoms with E-state index in [4.69, 9.17) is 4.74 Å². The van der Waals surface area contributed by atoms with E-state index in [0.717, 1.165) is 6.26 Å². The highest BCUT2D eigenvalue weighted by molar-refractivity contribution is 6.24. The number of hydrogen-bond donors (Lipinski definition) is 0. The van der Waals surface area contributed by atoms with E-state index in [1.165, 1.54) is 13.8 Å². The molecule has 0 saturated heterocycles. The third-order valence-corrected chi connectivity index (χ3v) is 3.05. The Morgan fingerprint density at radius 1 is 0.917 bits per heavy atom. The maximum atomic E-state index is 14.0.